The van der Waals surface area contributed by atoms with Crippen LogP contribution >= 0.6 is 0 Å². The van der Waals surface area contributed by atoms with Gasteiger partial charge in [0.2, 0.25) is 5.75 Å². The van der Waals surface area contributed by atoms with E-state index in [2.05, 4.69) is 40.8 Å². The normalized spacial score (nSPS) is 26.2. The molecule has 0 amide bonds. The van der Waals surface area contributed by atoms with Gasteiger partial charge < -0.3 is 55.7 Å². The highest BCUT2D eigenvalue weighted by Crippen LogP contribution is 2.57. The average molecular weight is 974 g/mol. The molecule has 0 saturated heterocycles. The monoisotopic (exact) mass is 973 g/mol. The predicted octanol–water partition coefficient (Wildman–Crippen LogP) is 9.24. The van der Waals surface area contributed by atoms with Gasteiger partial charge in [-0.3, -0.25) is 4.79 Å². The zero-order chi connectivity index (χ0) is 50.3. The lowest BCUT2D eigenvalue weighted by Crippen LogP contribution is -2.51. The topological polar surface area (TPSA) is 208 Å². The number of methoxy groups -OCH3 is 1. The molecule has 6 aromatic rings. The summed E-state index contributed by atoms with van der Waals surface area (Å²) in [6, 6.07) is 23.5. The number of phenols is 4. The van der Waals surface area contributed by atoms with Crippen molar-refractivity contribution in [2.45, 2.75) is 93.7 Å². The number of Topliss-reactive ketones (excluding diaryl/α,β-unsaturated/α-hetero) is 1. The molecule has 13 nitrogen and oxygen atoms in total. The number of benzene rings is 4. The van der Waals surface area contributed by atoms with Crippen molar-refractivity contribution in [3.63, 3.8) is 0 Å². The minimum absolute atomic E-state index is 0.00849. The molecule has 9 unspecified atom stereocenters. The Morgan fingerprint density at radius 1 is 1.00 bits per heavy atom. The third-order valence-electron chi connectivity index (χ3n) is 16.3. The first-order valence-electron chi connectivity index (χ1n) is 25.3. The Balaban J connectivity index is 1.18. The van der Waals surface area contributed by atoms with Crippen LogP contribution in [0.15, 0.2) is 109 Å². The summed E-state index contributed by atoms with van der Waals surface area (Å²) in [4.78, 5) is 26.0. The fourth-order valence-electron chi connectivity index (χ4n) is 13.0. The van der Waals surface area contributed by atoms with E-state index in [1.54, 1.807) is 48.8 Å². The van der Waals surface area contributed by atoms with Crippen molar-refractivity contribution in [3.05, 3.63) is 143 Å². The molecule has 3 heterocycles. The van der Waals surface area contributed by atoms with Crippen LogP contribution in [0.2, 0.25) is 0 Å². The average Bonchev–Trinajstić information content (AvgIpc) is 4.00. The summed E-state index contributed by atoms with van der Waals surface area (Å²) in [5.41, 5.74) is 3.44. The number of rotatable bonds is 13. The molecule has 3 aliphatic carbocycles. The number of allylic oxidation sites excluding steroid dienone is 1. The quantitative estimate of drug-likeness (QED) is 0.0402. The molecule has 376 valence electrons. The van der Waals surface area contributed by atoms with Gasteiger partial charge in [-0.2, -0.15) is 11.9 Å². The summed E-state index contributed by atoms with van der Waals surface area (Å²) < 4.78 is 11.8. The highest BCUT2D eigenvalue weighted by atomic mass is 16.5. The van der Waals surface area contributed by atoms with Crippen LogP contribution in [0.1, 0.15) is 91.3 Å². The van der Waals surface area contributed by atoms with E-state index in [-0.39, 0.29) is 59.9 Å². The Morgan fingerprint density at radius 3 is 2.65 bits per heavy atom. The van der Waals surface area contributed by atoms with Gasteiger partial charge >= 0.3 is 0 Å². The number of aromatic nitrogens is 2. The van der Waals surface area contributed by atoms with Crippen molar-refractivity contribution >= 4 is 34.1 Å². The zero-order valence-corrected chi connectivity index (χ0v) is 41.1. The number of ether oxygens (including phenoxy) is 2. The molecule has 10 rings (SSSR count). The van der Waals surface area contributed by atoms with Crippen LogP contribution in [0, 0.1) is 23.7 Å². The van der Waals surface area contributed by atoms with E-state index in [0.717, 1.165) is 57.2 Å². The third kappa shape index (κ3) is 9.18. The standard InChI is InChI=1S/C59H65N4O9/c1-34-6-4-7-36(22-34)32-72-52-28-39(26-50(69)57(52)70)40-27-49(68)56(48(67)14-10-35-9-13-47(66)51(23-35)71-3)59(19-16-46(65)44(59)30-42-8-5-20-61-42)41-17-21-62-53(29-41)63-45-12-11-37-24-43(64)25-38-15-18-58(31-40,33-60-2)55(45)54(37)38/h4-5,7-9,11-13,15,17-18,20-21,23-26,28-29,34,36,40,44,46,48,56,60,64-67,69-70H,6,10,14,16,19,22,27,30-33H2,1-3H3,(H,62,63)/q-1. The Hall–Kier alpha value is -6.80. The number of fused-ring (bicyclic) bond motifs is 3. The van der Waals surface area contributed by atoms with Crippen molar-refractivity contribution in [1.82, 2.24) is 15.3 Å². The summed E-state index contributed by atoms with van der Waals surface area (Å²) in [5, 5.41) is 78.7. The van der Waals surface area contributed by atoms with E-state index in [4.69, 9.17) is 14.5 Å². The Kier molecular flexibility index (Phi) is 13.6. The van der Waals surface area contributed by atoms with Crippen LogP contribution in [0.3, 0.4) is 0 Å². The van der Waals surface area contributed by atoms with Gasteiger partial charge in [-0.25, -0.2) is 4.98 Å². The van der Waals surface area contributed by atoms with Gasteiger partial charge in [0.25, 0.3) is 0 Å². The molecule has 2 aromatic heterocycles. The molecule has 1 aliphatic heterocycles. The predicted molar refractivity (Wildman–Crippen MR) is 277 cm³/mol. The molecule has 1 spiro atoms. The second-order valence-corrected chi connectivity index (χ2v) is 20.9. The number of carbonyl (C=O) groups is 1. The number of hydrogen-bond donors (Lipinski definition) is 8. The van der Waals surface area contributed by atoms with Crippen LogP contribution < -0.4 is 25.1 Å². The van der Waals surface area contributed by atoms with Crippen LogP contribution in [0.5, 0.6) is 34.5 Å². The van der Waals surface area contributed by atoms with Crippen molar-refractivity contribution in [2.24, 2.45) is 23.7 Å². The molecular weight excluding hydrogens is 909 g/mol. The van der Waals surface area contributed by atoms with E-state index in [1.807, 2.05) is 49.5 Å². The second-order valence-electron chi connectivity index (χ2n) is 20.9. The summed E-state index contributed by atoms with van der Waals surface area (Å²) in [6.45, 7) is 2.90. The van der Waals surface area contributed by atoms with Crippen LogP contribution in [0.4, 0.5) is 11.5 Å². The van der Waals surface area contributed by atoms with Crippen LogP contribution in [0.25, 0.3) is 16.8 Å². The third-order valence-corrected chi connectivity index (χ3v) is 16.3. The number of ketones is 1. The molecule has 1 fully saturated rings. The van der Waals surface area contributed by atoms with E-state index >= 15 is 4.79 Å². The van der Waals surface area contributed by atoms with Crippen molar-refractivity contribution in [2.75, 3.05) is 32.6 Å². The fraction of sp³-hybridized carbons (Fsp3) is 0.390. The molecule has 0 radical (unpaired) electrons. The number of nitrogens with zero attached hydrogens (tertiary/aromatic N) is 2. The molecule has 13 heteroatoms. The molecule has 4 aromatic carbocycles. The Labute approximate surface area is 420 Å². The maximum atomic E-state index is 16.4. The van der Waals surface area contributed by atoms with E-state index in [9.17, 15) is 30.6 Å². The van der Waals surface area contributed by atoms with E-state index in [0.29, 0.717) is 61.7 Å². The highest BCUT2D eigenvalue weighted by Gasteiger charge is 2.57. The minimum atomic E-state index is -1.23. The first-order chi connectivity index (χ1) is 34.8. The summed E-state index contributed by atoms with van der Waals surface area (Å²) >= 11 is 0. The number of phenolic OH excluding ortho intramolecular Hbond substituents is 4. The number of anilines is 2. The van der Waals surface area contributed by atoms with Crippen LogP contribution in [-0.4, -0.2) is 80.9 Å². The lowest BCUT2D eigenvalue weighted by molar-refractivity contribution is -0.132. The number of nitrogens with one attached hydrogen (secondary N) is 2. The van der Waals surface area contributed by atoms with Crippen molar-refractivity contribution in [1.29, 1.82) is 0 Å². The molecular formula is C59H65N4O9-. The van der Waals surface area contributed by atoms with Crippen LogP contribution in [-0.2, 0) is 28.5 Å². The smallest absolute Gasteiger partial charge is 0.200 e. The Morgan fingerprint density at radius 2 is 1.86 bits per heavy atom. The minimum Gasteiger partial charge on any atom is -0.668 e. The lowest BCUT2D eigenvalue weighted by Gasteiger charge is -2.46. The van der Waals surface area contributed by atoms with Gasteiger partial charge in [0.05, 0.1) is 31.8 Å². The fourth-order valence-corrected chi connectivity index (χ4v) is 13.0. The van der Waals surface area contributed by atoms with Crippen molar-refractivity contribution < 1.29 is 44.9 Å². The largest absolute Gasteiger partial charge is 0.668 e. The molecule has 4 aliphatic rings. The molecule has 72 heavy (non-hydrogen) atoms. The summed E-state index contributed by atoms with van der Waals surface area (Å²) in [5.74, 6) is -1.65. The van der Waals surface area contributed by atoms with Gasteiger partial charge in [-0.15, -0.1) is 0 Å². The van der Waals surface area contributed by atoms with Gasteiger partial charge in [0.15, 0.2) is 23.0 Å². The van der Waals surface area contributed by atoms with Gasteiger partial charge in [0.1, 0.15) is 17.4 Å². The van der Waals surface area contributed by atoms with Gasteiger partial charge in [-0.1, -0.05) is 55.5 Å². The molecule has 9 atom stereocenters. The first kappa shape index (κ1) is 48.8. The number of likely N-dealkylation sites (N-methyl/N-ethyl adjacent to an activating group) is 1. The van der Waals surface area contributed by atoms with Gasteiger partial charge in [-0.05, 0) is 169 Å². The SMILES string of the molecule is CNCC12C=Cc3cc(O)cc4ccc(c1c34)Nc1cc(ccn1)C1(CCC(O)C1Cc1ccc[n-]1)C(C(O)CCc1ccc(O)c(OC)c1)C(=O)CC(c1cc(O)c(O)c(OCC3C=CCC(C)C3)c1)C2. The molecule has 1 saturated carbocycles. The maximum absolute atomic E-state index is 16.4. The number of aliphatic hydroxyl groups excluding tert-OH is 2. The maximum Gasteiger partial charge on any atom is 0.200 e. The second kappa shape index (κ2) is 20.0. The Bertz CT molecular complexity index is 3030. The zero-order valence-electron chi connectivity index (χ0n) is 41.1. The van der Waals surface area contributed by atoms with E-state index in [1.165, 1.54) is 13.2 Å². The summed E-state index contributed by atoms with van der Waals surface area (Å²) in [7, 11) is 3.37. The number of aryl methyl sites for hydroxylation is 1. The molecule has 2 bridgehead atoms. The summed E-state index contributed by atoms with van der Waals surface area (Å²) in [6.07, 6.45) is 13.5. The van der Waals surface area contributed by atoms with E-state index < -0.39 is 40.8 Å². The molecule has 8 N–H and O–H groups in total. The number of carbonyl (C=O) groups excluding carboxylic acids is 1. The number of hydrogen-bond acceptors (Lipinski definition) is 12. The number of aromatic hydroxyl groups is 4. The van der Waals surface area contributed by atoms with Crippen molar-refractivity contribution in [3.8, 4) is 34.5 Å². The highest BCUT2D eigenvalue weighted by molar-refractivity contribution is 6.01. The number of pyridine rings is 1. The lowest BCUT2D eigenvalue weighted by atomic mass is 9.58. The van der Waals surface area contributed by atoms with Gasteiger partial charge in [0, 0.05) is 41.6 Å². The first-order valence-corrected chi connectivity index (χ1v) is 25.3. The number of aliphatic hydroxyl groups is 2.